The zero-order valence-electron chi connectivity index (χ0n) is 18.0. The molecule has 2 aromatic rings. The maximum atomic E-state index is 8.30. The number of benzene rings is 2. The molecular weight excluding hydrogens is 246 g/mol. The van der Waals surface area contributed by atoms with E-state index in [2.05, 4.69) is 0 Å². The number of likely N-dealkylation sites (N-methyl/N-ethyl adjacent to an activating group) is 1. The molecule has 0 saturated carbocycles. The van der Waals surface area contributed by atoms with E-state index in [0.717, 1.165) is 0 Å². The molecule has 0 fully saturated rings. The predicted molar refractivity (Wildman–Crippen MR) is 84.0 cm³/mol. The van der Waals surface area contributed by atoms with Gasteiger partial charge in [-0.15, -0.1) is 0 Å². The number of nitrogens with zero attached hydrogens (tertiary/aromatic N) is 1. The summed E-state index contributed by atoms with van der Waals surface area (Å²) in [6, 6.07) is 7.91. The Balaban J connectivity index is 2.63. The van der Waals surface area contributed by atoms with Crippen LogP contribution in [-0.2, 0) is 4.74 Å². The van der Waals surface area contributed by atoms with E-state index in [1.54, 1.807) is 50.2 Å². The van der Waals surface area contributed by atoms with Gasteiger partial charge in [0.15, 0.2) is 0 Å². The van der Waals surface area contributed by atoms with Crippen molar-refractivity contribution >= 4 is 0 Å². The molecule has 0 amide bonds. The Hall–Kier alpha value is -1.64. The third kappa shape index (κ3) is 3.92. The summed E-state index contributed by atoms with van der Waals surface area (Å²) in [5.41, 5.74) is 1.23. The average Bonchev–Trinajstić information content (AvgIpc) is 2.57. The zero-order chi connectivity index (χ0) is 19.6. The molecule has 0 N–H and O–H groups in total. The molecule has 0 saturated heterocycles. The van der Waals surface area contributed by atoms with Crippen LogP contribution < -0.4 is 0 Å². The monoisotopic (exact) mass is 275 g/mol. The highest BCUT2D eigenvalue weighted by Crippen LogP contribution is 2.28. The third-order valence-corrected chi connectivity index (χ3v) is 2.86. The van der Waals surface area contributed by atoms with Gasteiger partial charge in [-0.3, -0.25) is 0 Å². The first-order valence-electron chi connectivity index (χ1n) is 9.49. The second kappa shape index (κ2) is 7.22. The molecule has 2 nitrogen and oxygen atoms in total. The van der Waals surface area contributed by atoms with Gasteiger partial charge in [-0.2, -0.15) is 0 Å². The average molecular weight is 275 g/mol. The lowest BCUT2D eigenvalue weighted by atomic mass is 9.97. The van der Waals surface area contributed by atoms with Gasteiger partial charge in [0.25, 0.3) is 0 Å². The van der Waals surface area contributed by atoms with Crippen molar-refractivity contribution in [3.8, 4) is 0 Å². The first kappa shape index (κ1) is 8.60. The first-order valence-corrected chi connectivity index (χ1v) is 6.49. The molecule has 0 aromatic heterocycles. The van der Waals surface area contributed by atoms with Gasteiger partial charge in [0.1, 0.15) is 6.10 Å². The summed E-state index contributed by atoms with van der Waals surface area (Å²) in [7, 11) is 3.47. The topological polar surface area (TPSA) is 12.5 Å². The molecule has 0 heterocycles. The van der Waals surface area contributed by atoms with Crippen LogP contribution in [0.25, 0.3) is 0 Å². The molecule has 2 rings (SSSR count). The summed E-state index contributed by atoms with van der Waals surface area (Å²) in [5.74, 6) is 0. The minimum Gasteiger partial charge on any atom is -0.367 e. The van der Waals surface area contributed by atoms with Gasteiger partial charge in [-0.1, -0.05) is 54.5 Å². The van der Waals surface area contributed by atoms with Crippen LogP contribution in [0, 0.1) is 6.92 Å². The van der Waals surface area contributed by atoms with E-state index in [1.807, 2.05) is 6.07 Å². The molecule has 2 aromatic carbocycles. The highest BCUT2D eigenvalue weighted by Gasteiger charge is 2.16. The van der Waals surface area contributed by atoms with Crippen LogP contribution in [0.3, 0.4) is 0 Å². The molecule has 0 aliphatic carbocycles. The molecule has 2 heteroatoms. The molecule has 0 radical (unpaired) electrons. The summed E-state index contributed by atoms with van der Waals surface area (Å²) in [5, 5.41) is 0. The van der Waals surface area contributed by atoms with Gasteiger partial charge in [0.2, 0.25) is 0 Å². The fourth-order valence-electron chi connectivity index (χ4n) is 1.82. The van der Waals surface area contributed by atoms with E-state index < -0.39 is 12.7 Å². The molecule has 0 aliphatic rings. The van der Waals surface area contributed by atoms with Crippen LogP contribution in [0.4, 0.5) is 0 Å². The minimum absolute atomic E-state index is 0.0146. The van der Waals surface area contributed by atoms with Crippen molar-refractivity contribution in [2.75, 3.05) is 27.2 Å². The van der Waals surface area contributed by atoms with Gasteiger partial charge in [0, 0.05) is 6.54 Å². The lowest BCUT2D eigenvalue weighted by molar-refractivity contribution is 0.0683. The van der Waals surface area contributed by atoms with Crippen molar-refractivity contribution in [2.45, 2.75) is 13.0 Å². The maximum absolute atomic E-state index is 8.30. The number of hydrogen-bond acceptors (Lipinski definition) is 2. The number of rotatable bonds is 6. The Labute approximate surface area is 130 Å². The Kier molecular flexibility index (Phi) is 3.11. The normalized spacial score (nSPS) is 17.6. The minimum atomic E-state index is -2.01. The van der Waals surface area contributed by atoms with E-state index in [9.17, 15) is 0 Å². The quantitative estimate of drug-likeness (QED) is 0.797. The lowest BCUT2D eigenvalue weighted by Gasteiger charge is -2.22. The Morgan fingerprint density at radius 3 is 2.60 bits per heavy atom. The Bertz CT molecular complexity index is 750. The van der Waals surface area contributed by atoms with Crippen LogP contribution in [0.1, 0.15) is 31.0 Å². The number of ether oxygens (including phenoxy) is 1. The molecule has 0 bridgehead atoms. The van der Waals surface area contributed by atoms with Crippen LogP contribution in [0.5, 0.6) is 0 Å². The van der Waals surface area contributed by atoms with Crippen molar-refractivity contribution in [1.82, 2.24) is 4.90 Å². The Morgan fingerprint density at radius 1 is 1.20 bits per heavy atom. The van der Waals surface area contributed by atoms with Gasteiger partial charge < -0.3 is 9.64 Å². The molecular formula is C18H23NO. The van der Waals surface area contributed by atoms with Gasteiger partial charge in [0.05, 0.1) is 14.8 Å². The SMILES string of the molecule is [2H]c1c([2H])c([2H])c(C(OC([2H])([2H])CN(C)C)c2ccccc2)c(C)c1[2H]. The van der Waals surface area contributed by atoms with Gasteiger partial charge in [-0.25, -0.2) is 0 Å². The highest BCUT2D eigenvalue weighted by atomic mass is 16.5. The lowest BCUT2D eigenvalue weighted by Crippen LogP contribution is -2.20. The standard InChI is InChI=1S/C18H23NO/c1-15-9-7-8-12-17(15)18(20-14-13-19(2)3)16-10-5-4-6-11-16/h4-12,18H,13-14H2,1-3H3/i7D,8D,9D,12D,14D2. The smallest absolute Gasteiger partial charge is 0.108 e. The second-order valence-electron chi connectivity index (χ2n) is 4.83. The van der Waals surface area contributed by atoms with E-state index in [4.69, 9.17) is 13.0 Å². The summed E-state index contributed by atoms with van der Waals surface area (Å²) in [6.45, 7) is -0.387. The third-order valence-electron chi connectivity index (χ3n) is 2.86. The summed E-state index contributed by atoms with van der Waals surface area (Å²) >= 11 is 0. The molecule has 0 spiro atoms. The molecule has 106 valence electrons. The van der Waals surface area contributed by atoms with Gasteiger partial charge in [-0.05, 0) is 37.7 Å². The van der Waals surface area contributed by atoms with E-state index >= 15 is 0 Å². The van der Waals surface area contributed by atoms with Crippen molar-refractivity contribution < 1.29 is 13.0 Å². The van der Waals surface area contributed by atoms with Crippen LogP contribution in [0.2, 0.25) is 0 Å². The molecule has 1 atom stereocenters. The maximum Gasteiger partial charge on any atom is 0.108 e. The van der Waals surface area contributed by atoms with E-state index in [-0.39, 0.29) is 36.3 Å². The van der Waals surface area contributed by atoms with Crippen molar-refractivity contribution in [2.24, 2.45) is 0 Å². The van der Waals surface area contributed by atoms with Crippen LogP contribution in [0.15, 0.2) is 54.5 Å². The van der Waals surface area contributed by atoms with Crippen molar-refractivity contribution in [3.63, 3.8) is 0 Å². The largest absolute Gasteiger partial charge is 0.367 e. The fourth-order valence-corrected chi connectivity index (χ4v) is 1.82. The molecule has 1 unspecified atom stereocenters. The highest BCUT2D eigenvalue weighted by molar-refractivity contribution is 5.35. The van der Waals surface area contributed by atoms with Gasteiger partial charge >= 0.3 is 0 Å². The van der Waals surface area contributed by atoms with Crippen LogP contribution >= 0.6 is 0 Å². The zero-order valence-corrected chi connectivity index (χ0v) is 12.0. The second-order valence-corrected chi connectivity index (χ2v) is 4.83. The molecule has 0 aliphatic heterocycles. The van der Waals surface area contributed by atoms with E-state index in [0.29, 0.717) is 11.1 Å². The summed E-state index contributed by atoms with van der Waals surface area (Å²) < 4.78 is 54.3. The Morgan fingerprint density at radius 2 is 1.90 bits per heavy atom. The van der Waals surface area contributed by atoms with Crippen LogP contribution in [-0.4, -0.2) is 32.1 Å². The summed E-state index contributed by atoms with van der Waals surface area (Å²) in [6.07, 6.45) is -0.951. The van der Waals surface area contributed by atoms with Crippen molar-refractivity contribution in [3.05, 3.63) is 71.2 Å². The van der Waals surface area contributed by atoms with E-state index in [1.165, 1.54) is 0 Å². The first-order chi connectivity index (χ1) is 12.0. The van der Waals surface area contributed by atoms with Crippen molar-refractivity contribution in [1.29, 1.82) is 0 Å². The molecule has 20 heavy (non-hydrogen) atoms. The number of hydrogen-bond donors (Lipinski definition) is 0. The predicted octanol–water partition coefficient (Wildman–Crippen LogP) is 3.66. The fraction of sp³-hybridized carbons (Fsp3) is 0.333. The summed E-state index contributed by atoms with van der Waals surface area (Å²) in [4.78, 5) is 1.66.